The number of ketones is 1. The van der Waals surface area contributed by atoms with Gasteiger partial charge in [-0.15, -0.1) is 0 Å². The Labute approximate surface area is 231 Å². The van der Waals surface area contributed by atoms with Gasteiger partial charge >= 0.3 is 0 Å². The third-order valence-electron chi connectivity index (χ3n) is 7.27. The molecule has 0 saturated carbocycles. The molecule has 3 heteroatoms. The Morgan fingerprint density at radius 3 is 1.46 bits per heavy atom. The first-order chi connectivity index (χ1) is 17.1. The van der Waals surface area contributed by atoms with Gasteiger partial charge in [0.1, 0.15) is 0 Å². The highest BCUT2D eigenvalue weighted by atomic mass is 16.3. The maximum absolute atomic E-state index is 11.9. The number of allylic oxidation sites excluding steroid dienone is 8. The molecule has 0 bridgehead atoms. The van der Waals surface area contributed by atoms with Crippen LogP contribution in [0.1, 0.15) is 102 Å². The first kappa shape index (κ1) is 37.7. The van der Waals surface area contributed by atoms with E-state index in [1.54, 1.807) is 13.0 Å². The van der Waals surface area contributed by atoms with Gasteiger partial charge < -0.3 is 10.2 Å². The predicted molar refractivity (Wildman–Crippen MR) is 163 cm³/mol. The topological polar surface area (TPSA) is 57.5 Å². The van der Waals surface area contributed by atoms with Gasteiger partial charge in [0, 0.05) is 5.92 Å². The third kappa shape index (κ3) is 19.3. The van der Waals surface area contributed by atoms with Gasteiger partial charge in [-0.3, -0.25) is 4.79 Å². The molecule has 6 unspecified atom stereocenters. The second-order valence-electron chi connectivity index (χ2n) is 12.3. The second kappa shape index (κ2) is 21.5. The first-order valence-electron chi connectivity index (χ1n) is 14.7. The normalized spacial score (nSPS) is 17.8. The van der Waals surface area contributed by atoms with Crippen molar-refractivity contribution in [2.45, 2.75) is 115 Å². The summed E-state index contributed by atoms with van der Waals surface area (Å²) in [6, 6.07) is 0. The number of carbonyl (C=O) groups is 1. The molecule has 0 radical (unpaired) electrons. The van der Waals surface area contributed by atoms with Crippen molar-refractivity contribution in [3.05, 3.63) is 48.6 Å². The van der Waals surface area contributed by atoms with Crippen LogP contribution in [-0.4, -0.2) is 28.2 Å². The molecule has 0 aliphatic heterocycles. The summed E-state index contributed by atoms with van der Waals surface area (Å²) in [7, 11) is 0. The summed E-state index contributed by atoms with van der Waals surface area (Å²) in [5.41, 5.74) is 0. The zero-order chi connectivity index (χ0) is 29.1. The number of carbonyl (C=O) groups excluding carboxylic acids is 1. The van der Waals surface area contributed by atoms with Gasteiger partial charge in [0.05, 0.1) is 12.2 Å². The Balaban J connectivity index is 0. The molecule has 0 aliphatic carbocycles. The van der Waals surface area contributed by atoms with E-state index >= 15 is 0 Å². The Morgan fingerprint density at radius 1 is 0.595 bits per heavy atom. The zero-order valence-corrected chi connectivity index (χ0v) is 26.3. The van der Waals surface area contributed by atoms with E-state index in [1.807, 2.05) is 13.0 Å². The molecule has 0 aromatic rings. The highest BCUT2D eigenvalue weighted by Gasteiger charge is 2.27. The van der Waals surface area contributed by atoms with Crippen molar-refractivity contribution >= 4 is 5.78 Å². The molecule has 216 valence electrons. The fourth-order valence-electron chi connectivity index (χ4n) is 3.67. The van der Waals surface area contributed by atoms with Crippen molar-refractivity contribution in [3.63, 3.8) is 0 Å². The standard InChI is InChI=1S/C17H30O2.C17H32O/c1-12(2)10-8-7-9-11-16(18)15(6)17(19)14(5)13(3)4;1-13(2)11-9-7-8-10-12-15(5)17(18)16(6)14(3)4/h8-15,17,19H,7H2,1-6H3;8-11,13-18H,7,12H2,1-6H3/b2*10-8+,11-9+. The molecule has 0 aromatic heterocycles. The van der Waals surface area contributed by atoms with E-state index in [0.717, 1.165) is 19.3 Å². The molecular formula is C34H62O3. The lowest BCUT2D eigenvalue weighted by Gasteiger charge is -2.26. The number of aliphatic hydroxyl groups excluding tert-OH is 2. The van der Waals surface area contributed by atoms with Gasteiger partial charge in [-0.05, 0) is 66.8 Å². The van der Waals surface area contributed by atoms with Crippen molar-refractivity contribution in [3.8, 4) is 0 Å². The number of hydrogen-bond acceptors (Lipinski definition) is 3. The molecule has 0 aliphatic rings. The average molecular weight is 519 g/mol. The number of aliphatic hydroxyl groups is 2. The van der Waals surface area contributed by atoms with Gasteiger partial charge in [0.25, 0.3) is 0 Å². The Morgan fingerprint density at radius 2 is 1.03 bits per heavy atom. The summed E-state index contributed by atoms with van der Waals surface area (Å²) >= 11 is 0. The summed E-state index contributed by atoms with van der Waals surface area (Å²) < 4.78 is 0. The third-order valence-corrected chi connectivity index (χ3v) is 7.27. The minimum absolute atomic E-state index is 0.0120. The fraction of sp³-hybridized carbons (Fsp3) is 0.735. The molecule has 37 heavy (non-hydrogen) atoms. The Hall–Kier alpha value is -1.45. The van der Waals surface area contributed by atoms with Crippen LogP contribution in [0.15, 0.2) is 48.6 Å². The van der Waals surface area contributed by atoms with Crippen LogP contribution in [0.2, 0.25) is 0 Å². The number of hydrogen-bond donors (Lipinski definition) is 2. The molecule has 6 atom stereocenters. The quantitative estimate of drug-likeness (QED) is 0.158. The van der Waals surface area contributed by atoms with Crippen molar-refractivity contribution in [1.82, 2.24) is 0 Å². The van der Waals surface area contributed by atoms with Crippen LogP contribution in [0.4, 0.5) is 0 Å². The summed E-state index contributed by atoms with van der Waals surface area (Å²) in [4.78, 5) is 11.9. The van der Waals surface area contributed by atoms with E-state index in [1.165, 1.54) is 0 Å². The van der Waals surface area contributed by atoms with Crippen LogP contribution >= 0.6 is 0 Å². The van der Waals surface area contributed by atoms with Crippen LogP contribution in [0.25, 0.3) is 0 Å². The van der Waals surface area contributed by atoms with E-state index in [2.05, 4.69) is 106 Å². The van der Waals surface area contributed by atoms with Gasteiger partial charge in [-0.25, -0.2) is 0 Å². The van der Waals surface area contributed by atoms with Crippen LogP contribution in [0.5, 0.6) is 0 Å². The molecule has 3 nitrogen and oxygen atoms in total. The second-order valence-corrected chi connectivity index (χ2v) is 12.3. The van der Waals surface area contributed by atoms with Crippen LogP contribution in [0, 0.1) is 47.3 Å². The zero-order valence-electron chi connectivity index (χ0n) is 26.3. The molecule has 0 saturated heterocycles. The van der Waals surface area contributed by atoms with Gasteiger partial charge in [-0.2, -0.15) is 0 Å². The first-order valence-corrected chi connectivity index (χ1v) is 14.7. The van der Waals surface area contributed by atoms with E-state index < -0.39 is 6.10 Å². The molecule has 0 fully saturated rings. The van der Waals surface area contributed by atoms with E-state index in [4.69, 9.17) is 0 Å². The summed E-state index contributed by atoms with van der Waals surface area (Å²) in [6.45, 7) is 25.2. The van der Waals surface area contributed by atoms with Gasteiger partial charge in [0.15, 0.2) is 5.78 Å². The number of rotatable bonds is 16. The highest BCUT2D eigenvalue weighted by molar-refractivity contribution is 5.91. The average Bonchev–Trinajstić information content (AvgIpc) is 2.82. The van der Waals surface area contributed by atoms with Crippen molar-refractivity contribution < 1.29 is 15.0 Å². The lowest BCUT2D eigenvalue weighted by molar-refractivity contribution is -0.122. The molecule has 0 amide bonds. The van der Waals surface area contributed by atoms with Crippen LogP contribution < -0.4 is 0 Å². The van der Waals surface area contributed by atoms with E-state index in [0.29, 0.717) is 35.5 Å². The molecule has 0 rings (SSSR count). The van der Waals surface area contributed by atoms with Crippen LogP contribution in [-0.2, 0) is 4.79 Å². The van der Waals surface area contributed by atoms with Crippen LogP contribution in [0.3, 0.4) is 0 Å². The molecular weight excluding hydrogens is 456 g/mol. The monoisotopic (exact) mass is 518 g/mol. The Bertz CT molecular complexity index is 681. The molecule has 0 aromatic carbocycles. The predicted octanol–water partition coefficient (Wildman–Crippen LogP) is 8.83. The van der Waals surface area contributed by atoms with Gasteiger partial charge in [0.2, 0.25) is 0 Å². The maximum Gasteiger partial charge on any atom is 0.160 e. The maximum atomic E-state index is 11.9. The fourth-order valence-corrected chi connectivity index (χ4v) is 3.67. The SMILES string of the molecule is CC(C)/C=C/C/C=C/C(=O)C(C)C(O)C(C)C(C)C.CC(C)/C=C/C/C=C/CC(C)C(O)C(C)C(C)C. The largest absolute Gasteiger partial charge is 0.393 e. The highest BCUT2D eigenvalue weighted by Crippen LogP contribution is 2.23. The minimum atomic E-state index is -0.566. The smallest absolute Gasteiger partial charge is 0.160 e. The molecule has 0 heterocycles. The van der Waals surface area contributed by atoms with Crippen molar-refractivity contribution in [2.75, 3.05) is 0 Å². The Kier molecular flexibility index (Phi) is 21.9. The van der Waals surface area contributed by atoms with E-state index in [9.17, 15) is 15.0 Å². The molecule has 0 spiro atoms. The van der Waals surface area contributed by atoms with Crippen molar-refractivity contribution in [2.24, 2.45) is 47.3 Å². The lowest BCUT2D eigenvalue weighted by Crippen LogP contribution is -2.33. The minimum Gasteiger partial charge on any atom is -0.393 e. The summed E-state index contributed by atoms with van der Waals surface area (Å²) in [5, 5.41) is 20.3. The summed E-state index contributed by atoms with van der Waals surface area (Å²) in [6.07, 6.45) is 18.5. The van der Waals surface area contributed by atoms with Gasteiger partial charge in [-0.1, -0.05) is 126 Å². The molecule has 2 N–H and O–H groups in total. The summed E-state index contributed by atoms with van der Waals surface area (Å²) in [5.74, 6) is 2.61. The lowest BCUT2D eigenvalue weighted by atomic mass is 9.84. The van der Waals surface area contributed by atoms with Crippen molar-refractivity contribution in [1.29, 1.82) is 0 Å². The van der Waals surface area contributed by atoms with E-state index in [-0.39, 0.29) is 23.7 Å².